The number of nitrogens with one attached hydrogen (secondary N) is 2. The van der Waals surface area contributed by atoms with Crippen LogP contribution in [0.2, 0.25) is 5.02 Å². The van der Waals surface area contributed by atoms with Crippen molar-refractivity contribution in [1.82, 2.24) is 24.7 Å². The van der Waals surface area contributed by atoms with Crippen molar-refractivity contribution < 1.29 is 9.53 Å². The SMILES string of the molecule is COc1cccc(C)c1NC(=O)c1cccc2[nH]c(-c3cc(Br)nn3-c3ncccc3Cl)nc12. The van der Waals surface area contributed by atoms with E-state index < -0.39 is 0 Å². The molecule has 5 aromatic rings. The number of carbonyl (C=O) groups is 1. The third kappa shape index (κ3) is 3.93. The van der Waals surface area contributed by atoms with Crippen LogP contribution in [0.1, 0.15) is 15.9 Å². The number of pyridine rings is 1. The van der Waals surface area contributed by atoms with E-state index in [1.165, 1.54) is 0 Å². The number of aryl methyl sites for hydroxylation is 1. The van der Waals surface area contributed by atoms with Crippen molar-refractivity contribution >= 4 is 50.2 Å². The summed E-state index contributed by atoms with van der Waals surface area (Å²) in [7, 11) is 1.57. The van der Waals surface area contributed by atoms with Crippen LogP contribution in [-0.4, -0.2) is 37.7 Å². The van der Waals surface area contributed by atoms with Crippen molar-refractivity contribution in [1.29, 1.82) is 0 Å². The average Bonchev–Trinajstić information content (AvgIpc) is 3.43. The van der Waals surface area contributed by atoms with Gasteiger partial charge in [-0.3, -0.25) is 4.79 Å². The molecule has 3 aromatic heterocycles. The molecule has 1 amide bonds. The van der Waals surface area contributed by atoms with Crippen LogP contribution in [0.15, 0.2) is 65.4 Å². The highest BCUT2D eigenvalue weighted by Gasteiger charge is 2.20. The molecule has 0 atom stereocenters. The van der Waals surface area contributed by atoms with Crippen LogP contribution in [0.5, 0.6) is 5.75 Å². The van der Waals surface area contributed by atoms with Gasteiger partial charge in [0.25, 0.3) is 5.91 Å². The Morgan fingerprint density at radius 2 is 2.00 bits per heavy atom. The number of imidazole rings is 1. The molecule has 2 N–H and O–H groups in total. The van der Waals surface area contributed by atoms with Gasteiger partial charge < -0.3 is 15.0 Å². The highest BCUT2D eigenvalue weighted by molar-refractivity contribution is 9.10. The normalized spacial score (nSPS) is 11.1. The Morgan fingerprint density at radius 3 is 2.79 bits per heavy atom. The van der Waals surface area contributed by atoms with Crippen molar-refractivity contribution in [2.45, 2.75) is 6.92 Å². The number of halogens is 2. The summed E-state index contributed by atoms with van der Waals surface area (Å²) in [6, 6.07) is 16.3. The van der Waals surface area contributed by atoms with Crippen LogP contribution in [-0.2, 0) is 0 Å². The van der Waals surface area contributed by atoms with Gasteiger partial charge in [-0.25, -0.2) is 14.6 Å². The molecule has 2 aromatic carbocycles. The van der Waals surface area contributed by atoms with E-state index in [-0.39, 0.29) is 5.91 Å². The molecule has 0 spiro atoms. The van der Waals surface area contributed by atoms with Gasteiger partial charge in [0.2, 0.25) is 0 Å². The van der Waals surface area contributed by atoms with Gasteiger partial charge in [0.15, 0.2) is 11.6 Å². The molecule has 34 heavy (non-hydrogen) atoms. The number of H-pyrrole nitrogens is 1. The fourth-order valence-corrected chi connectivity index (χ4v) is 4.28. The first-order valence-corrected chi connectivity index (χ1v) is 11.4. The van der Waals surface area contributed by atoms with Crippen LogP contribution >= 0.6 is 27.5 Å². The molecule has 10 heteroatoms. The zero-order valence-corrected chi connectivity index (χ0v) is 20.5. The molecule has 0 bridgehead atoms. The van der Waals surface area contributed by atoms with Crippen molar-refractivity contribution in [2.24, 2.45) is 0 Å². The molecule has 8 nitrogen and oxygen atoms in total. The van der Waals surface area contributed by atoms with E-state index in [4.69, 9.17) is 21.3 Å². The predicted octanol–water partition coefficient (Wildman–Crippen LogP) is 5.80. The van der Waals surface area contributed by atoms with Crippen molar-refractivity contribution in [3.05, 3.63) is 81.5 Å². The van der Waals surface area contributed by atoms with Crippen LogP contribution in [0.4, 0.5) is 5.69 Å². The molecule has 0 saturated heterocycles. The van der Waals surface area contributed by atoms with Gasteiger partial charge in [-0.15, -0.1) is 0 Å². The van der Waals surface area contributed by atoms with Gasteiger partial charge in [-0.05, 0) is 58.7 Å². The first-order valence-electron chi connectivity index (χ1n) is 10.3. The second kappa shape index (κ2) is 8.92. The number of hydrogen-bond acceptors (Lipinski definition) is 5. The molecule has 0 unspecified atom stereocenters. The number of para-hydroxylation sites is 2. The van der Waals surface area contributed by atoms with E-state index in [0.29, 0.717) is 55.0 Å². The molecule has 5 rings (SSSR count). The smallest absolute Gasteiger partial charge is 0.258 e. The van der Waals surface area contributed by atoms with Gasteiger partial charge in [0.05, 0.1) is 28.9 Å². The maximum atomic E-state index is 13.3. The van der Waals surface area contributed by atoms with Gasteiger partial charge in [-0.2, -0.15) is 5.10 Å². The standard InChI is InChI=1S/C24H18BrClN6O2/c1-13-6-3-10-18(34-2)20(13)30-24(33)14-7-4-9-16-21(14)29-22(28-16)17-12-19(25)31-32(17)23-15(26)8-5-11-27-23/h3-12H,1-2H3,(H,28,29)(H,30,33). The van der Waals surface area contributed by atoms with Crippen molar-refractivity contribution in [3.63, 3.8) is 0 Å². The number of methoxy groups -OCH3 is 1. The summed E-state index contributed by atoms with van der Waals surface area (Å²) >= 11 is 9.78. The summed E-state index contributed by atoms with van der Waals surface area (Å²) in [6.45, 7) is 1.91. The minimum absolute atomic E-state index is 0.293. The molecule has 0 radical (unpaired) electrons. The predicted molar refractivity (Wildman–Crippen MR) is 135 cm³/mol. The van der Waals surface area contributed by atoms with Crippen molar-refractivity contribution in [3.8, 4) is 23.1 Å². The van der Waals surface area contributed by atoms with E-state index in [2.05, 4.69) is 36.3 Å². The molecule has 0 aliphatic carbocycles. The fourth-order valence-electron chi connectivity index (χ4n) is 3.70. The summed E-state index contributed by atoms with van der Waals surface area (Å²) in [4.78, 5) is 25.6. The summed E-state index contributed by atoms with van der Waals surface area (Å²) in [5.41, 5.74) is 3.80. The summed E-state index contributed by atoms with van der Waals surface area (Å²) in [6.07, 6.45) is 1.64. The van der Waals surface area contributed by atoms with Crippen molar-refractivity contribution in [2.75, 3.05) is 12.4 Å². The Hall–Kier alpha value is -3.69. The second-order valence-corrected chi connectivity index (χ2v) is 8.69. The topological polar surface area (TPSA) is 97.7 Å². The first-order chi connectivity index (χ1) is 16.5. The third-order valence-electron chi connectivity index (χ3n) is 5.31. The highest BCUT2D eigenvalue weighted by Crippen LogP contribution is 2.31. The van der Waals surface area contributed by atoms with Crippen LogP contribution in [0.25, 0.3) is 28.4 Å². The summed E-state index contributed by atoms with van der Waals surface area (Å²) in [5, 5.41) is 7.88. The molecule has 170 valence electrons. The lowest BCUT2D eigenvalue weighted by molar-refractivity contribution is 0.102. The highest BCUT2D eigenvalue weighted by atomic mass is 79.9. The third-order valence-corrected chi connectivity index (χ3v) is 5.99. The number of aromatic amines is 1. The van der Waals surface area contributed by atoms with E-state index in [1.807, 2.05) is 25.1 Å². The number of carbonyl (C=O) groups excluding carboxylic acids is 1. The minimum Gasteiger partial charge on any atom is -0.495 e. The van der Waals surface area contributed by atoms with E-state index in [9.17, 15) is 4.79 Å². The number of benzene rings is 2. The van der Waals surface area contributed by atoms with Gasteiger partial charge in [0.1, 0.15) is 21.6 Å². The largest absolute Gasteiger partial charge is 0.495 e. The summed E-state index contributed by atoms with van der Waals surface area (Å²) < 4.78 is 7.60. The van der Waals surface area contributed by atoms with Gasteiger partial charge in [-0.1, -0.05) is 29.8 Å². The second-order valence-electron chi connectivity index (χ2n) is 7.47. The Morgan fingerprint density at radius 1 is 1.18 bits per heavy atom. The molecular weight excluding hydrogens is 520 g/mol. The van der Waals surface area contributed by atoms with Gasteiger partial charge >= 0.3 is 0 Å². The lowest BCUT2D eigenvalue weighted by atomic mass is 10.1. The number of rotatable bonds is 5. The maximum absolute atomic E-state index is 13.3. The molecule has 0 aliphatic heterocycles. The monoisotopic (exact) mass is 536 g/mol. The molecule has 3 heterocycles. The number of anilines is 1. The number of ether oxygens (including phenoxy) is 1. The Labute approximate surface area is 208 Å². The summed E-state index contributed by atoms with van der Waals surface area (Å²) in [5.74, 6) is 1.28. The van der Waals surface area contributed by atoms with Crippen LogP contribution < -0.4 is 10.1 Å². The van der Waals surface area contributed by atoms with Crippen LogP contribution in [0.3, 0.4) is 0 Å². The number of fused-ring (bicyclic) bond motifs is 1. The lowest BCUT2D eigenvalue weighted by Gasteiger charge is -2.13. The van der Waals surface area contributed by atoms with E-state index in [0.717, 1.165) is 5.56 Å². The fraction of sp³-hybridized carbons (Fsp3) is 0.0833. The van der Waals surface area contributed by atoms with Gasteiger partial charge in [0, 0.05) is 12.3 Å². The minimum atomic E-state index is -0.293. The number of nitrogens with zero attached hydrogens (tertiary/aromatic N) is 4. The zero-order valence-electron chi connectivity index (χ0n) is 18.1. The number of amides is 1. The Bertz CT molecular complexity index is 1540. The molecule has 0 fully saturated rings. The van der Waals surface area contributed by atoms with E-state index in [1.54, 1.807) is 54.4 Å². The zero-order chi connectivity index (χ0) is 23.8. The quantitative estimate of drug-likeness (QED) is 0.295. The van der Waals surface area contributed by atoms with Crippen LogP contribution in [0, 0.1) is 6.92 Å². The Kier molecular flexibility index (Phi) is 5.80. The Balaban J connectivity index is 1.58. The lowest BCUT2D eigenvalue weighted by Crippen LogP contribution is -2.14. The molecule has 0 saturated carbocycles. The first kappa shape index (κ1) is 22.1. The molecular formula is C24H18BrClN6O2. The maximum Gasteiger partial charge on any atom is 0.258 e. The van der Waals surface area contributed by atoms with E-state index >= 15 is 0 Å². The number of aromatic nitrogens is 5. The molecule has 0 aliphatic rings. The number of hydrogen-bond donors (Lipinski definition) is 2. The average molecular weight is 538 g/mol.